The van der Waals surface area contributed by atoms with E-state index >= 15 is 0 Å². The van der Waals surface area contributed by atoms with Crippen molar-refractivity contribution in [2.45, 2.75) is 71.1 Å². The topological polar surface area (TPSA) is 57.1 Å². The Kier molecular flexibility index (Phi) is 8.50. The lowest BCUT2D eigenvalue weighted by atomic mass is 10.0. The second kappa shape index (κ2) is 11.1. The summed E-state index contributed by atoms with van der Waals surface area (Å²) in [5.74, 6) is -0.479. The van der Waals surface area contributed by atoms with E-state index in [1.807, 2.05) is 43.3 Å². The van der Waals surface area contributed by atoms with Crippen molar-refractivity contribution in [1.82, 2.24) is 0 Å². The van der Waals surface area contributed by atoms with E-state index in [2.05, 4.69) is 56.8 Å². The molecule has 34 heavy (non-hydrogen) atoms. The summed E-state index contributed by atoms with van der Waals surface area (Å²) in [5, 5.41) is 6.24. The number of hydrogen-bond donors (Lipinski definition) is 0. The predicted octanol–water partition coefficient (Wildman–Crippen LogP) is 5.00. The molecule has 0 saturated carbocycles. The minimum Gasteiger partial charge on any atom is -0.461 e. The highest BCUT2D eigenvalue weighted by Crippen LogP contribution is 2.39. The van der Waals surface area contributed by atoms with Crippen LogP contribution in [0.25, 0.3) is 0 Å². The van der Waals surface area contributed by atoms with Gasteiger partial charge in [-0.2, -0.15) is 0 Å². The van der Waals surface area contributed by atoms with E-state index in [1.165, 1.54) is 0 Å². The van der Waals surface area contributed by atoms with Gasteiger partial charge in [0.05, 0.1) is 6.61 Å². The van der Waals surface area contributed by atoms with Gasteiger partial charge in [0.15, 0.2) is 11.8 Å². The number of nitrogens with zero attached hydrogens (tertiary/aromatic N) is 1. The normalized spacial score (nSPS) is 18.2. The monoisotopic (exact) mass is 479 g/mol. The van der Waals surface area contributed by atoms with Gasteiger partial charge in [-0.25, -0.2) is 4.79 Å². The fraction of sp³-hybridized carbons (Fsp3) is 0.429. The lowest BCUT2D eigenvalue weighted by Crippen LogP contribution is -2.69. The molecule has 0 aromatic heterocycles. The third-order valence-corrected chi connectivity index (χ3v) is 11.2. The molecule has 6 heteroatoms. The van der Waals surface area contributed by atoms with Crippen LogP contribution in [0.15, 0.2) is 78.0 Å². The Labute approximate surface area is 204 Å². The summed E-state index contributed by atoms with van der Waals surface area (Å²) in [7, 11) is -2.91. The molecule has 0 saturated heterocycles. The van der Waals surface area contributed by atoms with E-state index in [4.69, 9.17) is 14.0 Å². The summed E-state index contributed by atoms with van der Waals surface area (Å²) < 4.78 is 12.6. The molecule has 2 aromatic carbocycles. The number of esters is 1. The van der Waals surface area contributed by atoms with Crippen LogP contribution in [-0.4, -0.2) is 38.8 Å². The molecule has 1 aliphatic rings. The number of oxime groups is 1. The van der Waals surface area contributed by atoms with Gasteiger partial charge in [0.1, 0.15) is 6.10 Å². The summed E-state index contributed by atoms with van der Waals surface area (Å²) in [6.45, 7) is 14.7. The molecule has 0 bridgehead atoms. The van der Waals surface area contributed by atoms with Crippen molar-refractivity contribution in [3.63, 3.8) is 0 Å². The number of benzene rings is 2. The third-order valence-electron chi connectivity index (χ3n) is 6.19. The zero-order valence-corrected chi connectivity index (χ0v) is 22.0. The van der Waals surface area contributed by atoms with E-state index in [0.29, 0.717) is 6.42 Å². The summed E-state index contributed by atoms with van der Waals surface area (Å²) in [4.78, 5) is 18.7. The number of allylic oxidation sites excluding steroid dienone is 1. The Bertz CT molecular complexity index is 959. The fourth-order valence-electron chi connectivity index (χ4n) is 4.59. The summed E-state index contributed by atoms with van der Waals surface area (Å²) in [6, 6.07) is 20.8. The first-order valence-electron chi connectivity index (χ1n) is 12.0. The Morgan fingerprint density at radius 2 is 1.62 bits per heavy atom. The van der Waals surface area contributed by atoms with Gasteiger partial charge in [0, 0.05) is 0 Å². The average Bonchev–Trinajstić information content (AvgIpc) is 3.20. The van der Waals surface area contributed by atoms with Crippen molar-refractivity contribution in [2.24, 2.45) is 5.16 Å². The lowest BCUT2D eigenvalue weighted by molar-refractivity contribution is -0.135. The van der Waals surface area contributed by atoms with Crippen molar-refractivity contribution in [3.8, 4) is 0 Å². The first kappa shape index (κ1) is 25.9. The molecule has 3 rings (SSSR count). The SMILES string of the molecule is C=C(C)CCC[C@@H]1ON=C(C(=O)OCC)[C@@H]1O[Si](c1ccccc1)(c1ccccc1)C(C)(C)C. The summed E-state index contributed by atoms with van der Waals surface area (Å²) in [6.07, 6.45) is 1.51. The van der Waals surface area contributed by atoms with Crippen LogP contribution in [0.2, 0.25) is 5.04 Å². The van der Waals surface area contributed by atoms with Crippen molar-refractivity contribution in [2.75, 3.05) is 6.61 Å². The van der Waals surface area contributed by atoms with Crippen LogP contribution in [0.3, 0.4) is 0 Å². The van der Waals surface area contributed by atoms with Gasteiger partial charge in [-0.3, -0.25) is 0 Å². The minimum absolute atomic E-state index is 0.218. The van der Waals surface area contributed by atoms with Crippen molar-refractivity contribution < 1.29 is 18.8 Å². The molecule has 2 atom stereocenters. The number of hydrogen-bond acceptors (Lipinski definition) is 5. The number of rotatable bonds is 10. The highest BCUT2D eigenvalue weighted by Gasteiger charge is 2.55. The summed E-state index contributed by atoms with van der Waals surface area (Å²) in [5.41, 5.74) is 1.34. The van der Waals surface area contributed by atoms with Gasteiger partial charge >= 0.3 is 5.97 Å². The third kappa shape index (κ3) is 5.50. The van der Waals surface area contributed by atoms with Gasteiger partial charge in [-0.15, -0.1) is 6.58 Å². The molecular weight excluding hydrogens is 442 g/mol. The first-order valence-corrected chi connectivity index (χ1v) is 14.0. The van der Waals surface area contributed by atoms with Crippen LogP contribution >= 0.6 is 0 Å². The molecule has 0 amide bonds. The van der Waals surface area contributed by atoms with Crippen LogP contribution < -0.4 is 10.4 Å². The molecule has 1 heterocycles. The second-order valence-corrected chi connectivity index (χ2v) is 14.1. The summed E-state index contributed by atoms with van der Waals surface area (Å²) >= 11 is 0. The molecule has 1 aliphatic heterocycles. The van der Waals surface area contributed by atoms with Gasteiger partial charge in [-0.1, -0.05) is 92.2 Å². The lowest BCUT2D eigenvalue weighted by Gasteiger charge is -2.45. The quantitative estimate of drug-likeness (QED) is 0.273. The maximum Gasteiger partial charge on any atom is 0.358 e. The highest BCUT2D eigenvalue weighted by atomic mass is 28.4. The largest absolute Gasteiger partial charge is 0.461 e. The van der Waals surface area contributed by atoms with Gasteiger partial charge < -0.3 is 14.0 Å². The zero-order chi connectivity index (χ0) is 24.8. The zero-order valence-electron chi connectivity index (χ0n) is 21.0. The molecule has 5 nitrogen and oxygen atoms in total. The van der Waals surface area contributed by atoms with Gasteiger partial charge in [0.25, 0.3) is 8.32 Å². The predicted molar refractivity (Wildman–Crippen MR) is 140 cm³/mol. The average molecular weight is 480 g/mol. The van der Waals surface area contributed by atoms with E-state index in [0.717, 1.165) is 28.8 Å². The van der Waals surface area contributed by atoms with Crippen LogP contribution in [0.5, 0.6) is 0 Å². The van der Waals surface area contributed by atoms with E-state index in [9.17, 15) is 4.79 Å². The standard InChI is InChI=1S/C28H37NO4Si/c1-7-31-27(30)25-26(24(32-29-25)20-14-15-21(2)3)33-34(28(4,5)6,22-16-10-8-11-17-22)23-18-12-9-13-19-23/h8-13,16-19,24,26H,2,7,14-15,20H2,1,3-6H3/t24-,26+/m0/s1. The van der Waals surface area contributed by atoms with E-state index in [1.54, 1.807) is 6.92 Å². The Morgan fingerprint density at radius 3 is 2.09 bits per heavy atom. The number of carbonyl (C=O) groups excluding carboxylic acids is 1. The molecule has 0 fully saturated rings. The highest BCUT2D eigenvalue weighted by molar-refractivity contribution is 6.99. The maximum absolute atomic E-state index is 12.9. The Balaban J connectivity index is 2.11. The van der Waals surface area contributed by atoms with Gasteiger partial charge in [0.2, 0.25) is 0 Å². The smallest absolute Gasteiger partial charge is 0.358 e. The molecule has 182 valence electrons. The Morgan fingerprint density at radius 1 is 1.06 bits per heavy atom. The van der Waals surface area contributed by atoms with Crippen LogP contribution in [0.4, 0.5) is 0 Å². The fourth-order valence-corrected chi connectivity index (χ4v) is 9.25. The first-order chi connectivity index (χ1) is 16.2. The van der Waals surface area contributed by atoms with E-state index in [-0.39, 0.29) is 23.5 Å². The van der Waals surface area contributed by atoms with Crippen LogP contribution in [0.1, 0.15) is 53.9 Å². The molecule has 0 spiro atoms. The van der Waals surface area contributed by atoms with Crippen molar-refractivity contribution >= 4 is 30.4 Å². The van der Waals surface area contributed by atoms with Crippen molar-refractivity contribution in [3.05, 3.63) is 72.8 Å². The van der Waals surface area contributed by atoms with Crippen molar-refractivity contribution in [1.29, 1.82) is 0 Å². The second-order valence-electron chi connectivity index (χ2n) is 9.89. The minimum atomic E-state index is -2.91. The molecule has 0 radical (unpaired) electrons. The maximum atomic E-state index is 12.9. The molecule has 2 aromatic rings. The van der Waals surface area contributed by atoms with Crippen LogP contribution in [-0.2, 0) is 18.8 Å². The number of ether oxygens (including phenoxy) is 1. The van der Waals surface area contributed by atoms with Crippen LogP contribution in [0, 0.1) is 0 Å². The molecule has 0 N–H and O–H groups in total. The molecule has 0 aliphatic carbocycles. The molecular formula is C28H37NO4Si. The number of carbonyl (C=O) groups is 1. The van der Waals surface area contributed by atoms with E-state index < -0.39 is 20.4 Å². The Hall–Kier alpha value is -2.70. The molecule has 0 unspecified atom stereocenters. The van der Waals surface area contributed by atoms with Gasteiger partial charge in [-0.05, 0) is 48.5 Å².